The van der Waals surface area contributed by atoms with Gasteiger partial charge in [0.2, 0.25) is 0 Å². The molecule has 0 N–H and O–H groups in total. The number of allylic oxidation sites excluding steroid dienone is 8. The Morgan fingerprint density at radius 1 is 0.400 bits per heavy atom. The van der Waals surface area contributed by atoms with Gasteiger partial charge < -0.3 is 0 Å². The highest BCUT2D eigenvalue weighted by Crippen LogP contribution is 2.53. The van der Waals surface area contributed by atoms with Crippen LogP contribution in [0.5, 0.6) is 0 Å². The fraction of sp³-hybridized carbons (Fsp3) is 0.100. The zero-order valence-corrected chi connectivity index (χ0v) is 22.4. The number of fused-ring (bicyclic) bond motifs is 4. The number of hydrogen-bond acceptors (Lipinski definition) is 0. The van der Waals surface area contributed by atoms with Crippen molar-refractivity contribution < 1.29 is 0 Å². The Labute approximate surface area is 235 Å². The van der Waals surface area contributed by atoms with Crippen molar-refractivity contribution in [2.24, 2.45) is 0 Å². The smallest absolute Gasteiger partial charge is 0.0173 e. The minimum absolute atomic E-state index is 0.200. The van der Waals surface area contributed by atoms with E-state index in [1.165, 1.54) is 65.4 Å². The zero-order chi connectivity index (χ0) is 26.5. The molecule has 190 valence electrons. The molecular weight excluding hydrogens is 480 g/mol. The fourth-order valence-electron chi connectivity index (χ4n) is 7.29. The second kappa shape index (κ2) is 9.50. The number of benzene rings is 6. The lowest BCUT2D eigenvalue weighted by molar-refractivity contribution is 0.669. The quantitative estimate of drug-likeness (QED) is 0.202. The molecule has 0 fully saturated rings. The van der Waals surface area contributed by atoms with Gasteiger partial charge in [0, 0.05) is 11.8 Å². The third kappa shape index (κ3) is 3.67. The van der Waals surface area contributed by atoms with E-state index in [4.69, 9.17) is 0 Å². The Bertz CT molecular complexity index is 1800. The van der Waals surface area contributed by atoms with Crippen LogP contribution in [0.15, 0.2) is 157 Å². The zero-order valence-electron chi connectivity index (χ0n) is 22.4. The van der Waals surface area contributed by atoms with Crippen LogP contribution >= 0.6 is 0 Å². The van der Waals surface area contributed by atoms with Crippen LogP contribution < -0.4 is 0 Å². The maximum atomic E-state index is 2.39. The highest BCUT2D eigenvalue weighted by Gasteiger charge is 2.35. The Balaban J connectivity index is 1.54. The van der Waals surface area contributed by atoms with Gasteiger partial charge in [-0.15, -0.1) is 0 Å². The summed E-state index contributed by atoms with van der Waals surface area (Å²) in [4.78, 5) is 0. The first kappa shape index (κ1) is 23.2. The first-order valence-corrected chi connectivity index (χ1v) is 14.4. The topological polar surface area (TPSA) is 0 Å². The van der Waals surface area contributed by atoms with E-state index in [1.54, 1.807) is 0 Å². The first-order valence-electron chi connectivity index (χ1n) is 14.4. The van der Waals surface area contributed by atoms with Gasteiger partial charge >= 0.3 is 0 Å². The average molecular weight is 511 g/mol. The van der Waals surface area contributed by atoms with Crippen molar-refractivity contribution in [2.75, 3.05) is 0 Å². The number of rotatable bonds is 5. The second-order valence-electron chi connectivity index (χ2n) is 11.2. The van der Waals surface area contributed by atoms with Crippen LogP contribution in [0.1, 0.15) is 35.8 Å². The van der Waals surface area contributed by atoms with Gasteiger partial charge in [0.05, 0.1) is 0 Å². The summed E-state index contributed by atoms with van der Waals surface area (Å²) in [6.07, 6.45) is 15.9. The van der Waals surface area contributed by atoms with Gasteiger partial charge in [-0.25, -0.2) is 0 Å². The molecule has 0 unspecified atom stereocenters. The Hall–Kier alpha value is -4.68. The third-order valence-corrected chi connectivity index (χ3v) is 8.98. The van der Waals surface area contributed by atoms with Gasteiger partial charge in [0.1, 0.15) is 0 Å². The molecule has 2 aliphatic rings. The van der Waals surface area contributed by atoms with Crippen molar-refractivity contribution >= 4 is 43.1 Å². The van der Waals surface area contributed by atoms with Crippen molar-refractivity contribution in [3.05, 3.63) is 168 Å². The third-order valence-electron chi connectivity index (χ3n) is 8.98. The summed E-state index contributed by atoms with van der Waals surface area (Å²) in [6, 6.07) is 40.7. The van der Waals surface area contributed by atoms with Gasteiger partial charge in [-0.2, -0.15) is 0 Å². The van der Waals surface area contributed by atoms with Gasteiger partial charge in [-0.3, -0.25) is 0 Å². The predicted octanol–water partition coefficient (Wildman–Crippen LogP) is 10.9. The molecule has 0 nitrogen and oxygen atoms in total. The van der Waals surface area contributed by atoms with Crippen molar-refractivity contribution in [3.8, 4) is 0 Å². The molecule has 0 spiro atoms. The highest BCUT2D eigenvalue weighted by molar-refractivity contribution is 6.05. The Kier molecular flexibility index (Phi) is 5.52. The molecule has 2 atom stereocenters. The maximum Gasteiger partial charge on any atom is 0.0173 e. The van der Waals surface area contributed by atoms with E-state index < -0.39 is 0 Å². The van der Waals surface area contributed by atoms with Crippen LogP contribution in [0, 0.1) is 0 Å². The lowest BCUT2D eigenvalue weighted by atomic mass is 9.68. The largest absolute Gasteiger partial charge is 0.0804 e. The molecule has 2 aliphatic carbocycles. The summed E-state index contributed by atoms with van der Waals surface area (Å²) < 4.78 is 0. The molecule has 0 radical (unpaired) electrons. The summed E-state index contributed by atoms with van der Waals surface area (Å²) in [6.45, 7) is 0. The number of hydrogen-bond donors (Lipinski definition) is 0. The van der Waals surface area contributed by atoms with Crippen molar-refractivity contribution in [2.45, 2.75) is 24.7 Å². The highest BCUT2D eigenvalue weighted by atomic mass is 14.4. The molecular formula is C40H30. The maximum absolute atomic E-state index is 2.39. The Morgan fingerprint density at radius 3 is 1.02 bits per heavy atom. The second-order valence-corrected chi connectivity index (χ2v) is 11.2. The van der Waals surface area contributed by atoms with Crippen molar-refractivity contribution in [1.29, 1.82) is 0 Å². The van der Waals surface area contributed by atoms with E-state index in [1.807, 2.05) is 0 Å². The summed E-state index contributed by atoms with van der Waals surface area (Å²) >= 11 is 0. The fourth-order valence-corrected chi connectivity index (χ4v) is 7.29. The molecule has 0 heterocycles. The molecule has 0 saturated heterocycles. The van der Waals surface area contributed by atoms with Crippen LogP contribution in [0.2, 0.25) is 0 Å². The molecule has 6 aromatic carbocycles. The molecule has 40 heavy (non-hydrogen) atoms. The normalized spacial score (nSPS) is 16.2. The average Bonchev–Trinajstić information content (AvgIpc) is 3.73. The first-order chi connectivity index (χ1) is 19.9. The predicted molar refractivity (Wildman–Crippen MR) is 172 cm³/mol. The van der Waals surface area contributed by atoms with Crippen LogP contribution in [-0.4, -0.2) is 0 Å². The molecule has 0 saturated carbocycles. The van der Waals surface area contributed by atoms with E-state index in [-0.39, 0.29) is 11.8 Å². The molecule has 6 aromatic rings. The summed E-state index contributed by atoms with van der Waals surface area (Å²) in [5.74, 6) is 0.401. The van der Waals surface area contributed by atoms with Crippen LogP contribution in [0.25, 0.3) is 43.1 Å². The minimum atomic E-state index is 0.200. The molecule has 0 aromatic heterocycles. The summed E-state index contributed by atoms with van der Waals surface area (Å²) in [5.41, 5.74) is 5.91. The molecule has 0 heteroatoms. The van der Waals surface area contributed by atoms with E-state index in [9.17, 15) is 0 Å². The standard InChI is InChI=1S/C40H30/c1-2-14-27(13-1)37(39-33-21-9-5-17-29(33)25-30-18-6-10-22-34(30)39)38(28-15-3-4-16-28)40-35-23-11-7-19-31(35)26-32-20-8-12-24-36(32)40/h1-13,15,17-26,37-38H,14,16H2/t37-,38+. The van der Waals surface area contributed by atoms with E-state index >= 15 is 0 Å². The molecule has 0 aliphatic heterocycles. The Morgan fingerprint density at radius 2 is 0.725 bits per heavy atom. The van der Waals surface area contributed by atoms with Gasteiger partial charge in [0.25, 0.3) is 0 Å². The molecule has 0 bridgehead atoms. The van der Waals surface area contributed by atoms with Gasteiger partial charge in [-0.05, 0) is 79.2 Å². The minimum Gasteiger partial charge on any atom is -0.0804 e. The molecule has 8 rings (SSSR count). The summed E-state index contributed by atoms with van der Waals surface area (Å²) in [5, 5.41) is 10.7. The summed E-state index contributed by atoms with van der Waals surface area (Å²) in [7, 11) is 0. The van der Waals surface area contributed by atoms with Gasteiger partial charge in [-0.1, -0.05) is 145 Å². The lowest BCUT2D eigenvalue weighted by Crippen LogP contribution is -2.17. The lowest BCUT2D eigenvalue weighted by Gasteiger charge is -2.34. The van der Waals surface area contributed by atoms with Crippen LogP contribution in [0.3, 0.4) is 0 Å². The van der Waals surface area contributed by atoms with Crippen molar-refractivity contribution in [3.63, 3.8) is 0 Å². The van der Waals surface area contributed by atoms with Gasteiger partial charge in [0.15, 0.2) is 0 Å². The monoisotopic (exact) mass is 510 g/mol. The van der Waals surface area contributed by atoms with E-state index in [0.29, 0.717) is 0 Å². The van der Waals surface area contributed by atoms with Crippen molar-refractivity contribution in [1.82, 2.24) is 0 Å². The SMILES string of the molecule is C1=CCC([C@H](c2c3ccccc3cc3ccccc23)[C@@H](C2=CC=CC2)c2c3ccccc3cc3ccccc23)=C1. The van der Waals surface area contributed by atoms with Crippen LogP contribution in [0.4, 0.5) is 0 Å². The van der Waals surface area contributed by atoms with E-state index in [0.717, 1.165) is 12.8 Å². The van der Waals surface area contributed by atoms with E-state index in [2.05, 4.69) is 146 Å². The van der Waals surface area contributed by atoms with Crippen LogP contribution in [-0.2, 0) is 0 Å². The molecule has 0 amide bonds.